The standard InChI is InChI=1S/C20H26N4O4/c1-13-7-8-14(2)17(10-13)28-9-5-4-6-19(25)24-12-18-22-21-15(3)23(18)11-16(24)20(26)27/h7-8,10,16H,4-6,9,11-12H2,1-3H3,(H,26,27). The normalized spacial score (nSPS) is 16.0. The maximum absolute atomic E-state index is 12.6. The molecule has 0 fully saturated rings. The summed E-state index contributed by atoms with van der Waals surface area (Å²) >= 11 is 0. The summed E-state index contributed by atoms with van der Waals surface area (Å²) in [6.45, 7) is 6.68. The van der Waals surface area contributed by atoms with Gasteiger partial charge in [-0.2, -0.15) is 0 Å². The lowest BCUT2D eigenvalue weighted by Gasteiger charge is -2.33. The van der Waals surface area contributed by atoms with Crippen molar-refractivity contribution in [3.05, 3.63) is 41.0 Å². The van der Waals surface area contributed by atoms with Gasteiger partial charge in [-0.3, -0.25) is 4.79 Å². The van der Waals surface area contributed by atoms with Gasteiger partial charge in [-0.1, -0.05) is 12.1 Å². The molecule has 8 nitrogen and oxygen atoms in total. The van der Waals surface area contributed by atoms with E-state index >= 15 is 0 Å². The topological polar surface area (TPSA) is 97.5 Å². The number of ether oxygens (including phenoxy) is 1. The highest BCUT2D eigenvalue weighted by atomic mass is 16.5. The molecule has 1 atom stereocenters. The summed E-state index contributed by atoms with van der Waals surface area (Å²) < 4.78 is 7.58. The number of aromatic nitrogens is 3. The number of rotatable bonds is 7. The molecule has 8 heteroatoms. The van der Waals surface area contributed by atoms with Crippen molar-refractivity contribution in [2.45, 2.75) is 59.2 Å². The number of hydrogen-bond acceptors (Lipinski definition) is 5. The molecular weight excluding hydrogens is 360 g/mol. The van der Waals surface area contributed by atoms with Gasteiger partial charge in [0, 0.05) is 6.42 Å². The zero-order valence-electron chi connectivity index (χ0n) is 16.5. The second-order valence-corrected chi connectivity index (χ2v) is 7.22. The molecule has 1 aliphatic heterocycles. The summed E-state index contributed by atoms with van der Waals surface area (Å²) in [7, 11) is 0. The molecule has 28 heavy (non-hydrogen) atoms. The fourth-order valence-corrected chi connectivity index (χ4v) is 3.35. The second-order valence-electron chi connectivity index (χ2n) is 7.22. The number of benzene rings is 1. The Morgan fingerprint density at radius 3 is 2.75 bits per heavy atom. The number of unbranched alkanes of at least 4 members (excludes halogenated alkanes) is 1. The van der Waals surface area contributed by atoms with Crippen molar-refractivity contribution in [3.63, 3.8) is 0 Å². The Labute approximate surface area is 164 Å². The minimum absolute atomic E-state index is 0.175. The average molecular weight is 386 g/mol. The smallest absolute Gasteiger partial charge is 0.328 e. The molecule has 0 aliphatic carbocycles. The molecule has 2 aromatic rings. The Hall–Kier alpha value is -2.90. The summed E-state index contributed by atoms with van der Waals surface area (Å²) in [5.41, 5.74) is 2.22. The Kier molecular flexibility index (Phi) is 5.96. The van der Waals surface area contributed by atoms with E-state index in [9.17, 15) is 14.7 Å². The van der Waals surface area contributed by atoms with Crippen LogP contribution in [0.15, 0.2) is 18.2 Å². The van der Waals surface area contributed by atoms with Crippen molar-refractivity contribution in [2.75, 3.05) is 6.61 Å². The maximum Gasteiger partial charge on any atom is 0.328 e. The molecule has 1 amide bonds. The molecule has 0 bridgehead atoms. The van der Waals surface area contributed by atoms with E-state index in [0.29, 0.717) is 24.7 Å². The number of nitrogens with zero attached hydrogens (tertiary/aromatic N) is 4. The van der Waals surface area contributed by atoms with Crippen LogP contribution in [-0.2, 0) is 22.7 Å². The van der Waals surface area contributed by atoms with Crippen LogP contribution in [-0.4, -0.2) is 49.3 Å². The molecular formula is C20H26N4O4. The molecule has 1 aliphatic rings. The summed E-state index contributed by atoms with van der Waals surface area (Å²) in [4.78, 5) is 25.7. The van der Waals surface area contributed by atoms with Gasteiger partial charge in [0.25, 0.3) is 0 Å². The number of aryl methyl sites for hydroxylation is 3. The molecule has 2 heterocycles. The number of carbonyl (C=O) groups is 2. The van der Waals surface area contributed by atoms with Crippen LogP contribution in [0.4, 0.5) is 0 Å². The van der Waals surface area contributed by atoms with E-state index in [1.807, 2.05) is 32.0 Å². The van der Waals surface area contributed by atoms with Crippen LogP contribution in [0.3, 0.4) is 0 Å². The first kappa shape index (κ1) is 19.9. The van der Waals surface area contributed by atoms with E-state index < -0.39 is 12.0 Å². The minimum atomic E-state index is -1.01. The number of carbonyl (C=O) groups excluding carboxylic acids is 1. The highest BCUT2D eigenvalue weighted by molar-refractivity contribution is 5.83. The lowest BCUT2D eigenvalue weighted by atomic mass is 10.1. The molecule has 0 radical (unpaired) electrons. The first-order valence-corrected chi connectivity index (χ1v) is 9.48. The van der Waals surface area contributed by atoms with Gasteiger partial charge in [0.05, 0.1) is 19.7 Å². The van der Waals surface area contributed by atoms with Crippen LogP contribution in [0.5, 0.6) is 5.75 Å². The molecule has 0 saturated carbocycles. The molecule has 0 spiro atoms. The van der Waals surface area contributed by atoms with Crippen molar-refractivity contribution in [2.24, 2.45) is 0 Å². The van der Waals surface area contributed by atoms with E-state index in [2.05, 4.69) is 10.2 Å². The van der Waals surface area contributed by atoms with E-state index in [1.165, 1.54) is 4.90 Å². The van der Waals surface area contributed by atoms with Crippen molar-refractivity contribution in [1.29, 1.82) is 0 Å². The molecule has 150 valence electrons. The number of fused-ring (bicyclic) bond motifs is 1. The number of amides is 1. The lowest BCUT2D eigenvalue weighted by molar-refractivity contribution is -0.152. The monoisotopic (exact) mass is 386 g/mol. The van der Waals surface area contributed by atoms with Gasteiger partial charge in [-0.05, 0) is 50.8 Å². The van der Waals surface area contributed by atoms with Gasteiger partial charge >= 0.3 is 5.97 Å². The Balaban J connectivity index is 1.51. The molecule has 1 aromatic heterocycles. The first-order valence-electron chi connectivity index (χ1n) is 9.48. The van der Waals surface area contributed by atoms with Gasteiger partial charge in [0.2, 0.25) is 5.91 Å². The summed E-state index contributed by atoms with van der Waals surface area (Å²) in [6.07, 6.45) is 1.64. The van der Waals surface area contributed by atoms with Crippen LogP contribution >= 0.6 is 0 Å². The van der Waals surface area contributed by atoms with Crippen LogP contribution in [0.25, 0.3) is 0 Å². The van der Waals surface area contributed by atoms with Gasteiger partial charge in [0.15, 0.2) is 5.82 Å². The summed E-state index contributed by atoms with van der Waals surface area (Å²) in [5.74, 6) is 0.970. The third kappa shape index (κ3) is 4.32. The quantitative estimate of drug-likeness (QED) is 0.733. The Morgan fingerprint density at radius 2 is 2.00 bits per heavy atom. The molecule has 1 unspecified atom stereocenters. The van der Waals surface area contributed by atoms with Crippen LogP contribution in [0, 0.1) is 20.8 Å². The van der Waals surface area contributed by atoms with Crippen molar-refractivity contribution < 1.29 is 19.4 Å². The lowest BCUT2D eigenvalue weighted by Crippen LogP contribution is -2.50. The Bertz CT molecular complexity index is 877. The van der Waals surface area contributed by atoms with Gasteiger partial charge in [-0.15, -0.1) is 10.2 Å². The van der Waals surface area contributed by atoms with Gasteiger partial charge in [0.1, 0.15) is 17.6 Å². The van der Waals surface area contributed by atoms with Crippen LogP contribution in [0.1, 0.15) is 42.0 Å². The van der Waals surface area contributed by atoms with Gasteiger partial charge < -0.3 is 19.3 Å². The zero-order chi connectivity index (χ0) is 20.3. The van der Waals surface area contributed by atoms with E-state index in [0.717, 1.165) is 23.3 Å². The van der Waals surface area contributed by atoms with Crippen LogP contribution < -0.4 is 4.74 Å². The van der Waals surface area contributed by atoms with Gasteiger partial charge in [-0.25, -0.2) is 4.79 Å². The highest BCUT2D eigenvalue weighted by Crippen LogP contribution is 2.21. The largest absolute Gasteiger partial charge is 0.493 e. The number of carboxylic acid groups (broad SMARTS) is 1. The third-order valence-electron chi connectivity index (χ3n) is 5.05. The molecule has 1 aromatic carbocycles. The van der Waals surface area contributed by atoms with Crippen molar-refractivity contribution in [1.82, 2.24) is 19.7 Å². The first-order chi connectivity index (χ1) is 13.4. The highest BCUT2D eigenvalue weighted by Gasteiger charge is 2.35. The number of carboxylic acids is 1. The van der Waals surface area contributed by atoms with E-state index in [1.54, 1.807) is 11.5 Å². The SMILES string of the molecule is Cc1ccc(C)c(OCCCCC(=O)N2Cc3nnc(C)n3CC2C(=O)O)c1. The second kappa shape index (κ2) is 8.41. The molecule has 0 saturated heterocycles. The van der Waals surface area contributed by atoms with Crippen molar-refractivity contribution in [3.8, 4) is 5.75 Å². The summed E-state index contributed by atoms with van der Waals surface area (Å²) in [6, 6.07) is 5.18. The molecule has 1 N–H and O–H groups in total. The number of aliphatic carboxylic acids is 1. The minimum Gasteiger partial charge on any atom is -0.493 e. The fraction of sp³-hybridized carbons (Fsp3) is 0.500. The zero-order valence-corrected chi connectivity index (χ0v) is 16.5. The average Bonchev–Trinajstić information content (AvgIpc) is 3.03. The van der Waals surface area contributed by atoms with E-state index in [-0.39, 0.29) is 25.4 Å². The van der Waals surface area contributed by atoms with E-state index in [4.69, 9.17) is 4.74 Å². The predicted octanol–water partition coefficient (Wildman–Crippen LogP) is 2.25. The molecule has 3 rings (SSSR count). The fourth-order valence-electron chi connectivity index (χ4n) is 3.35. The van der Waals surface area contributed by atoms with Crippen LogP contribution in [0.2, 0.25) is 0 Å². The third-order valence-corrected chi connectivity index (χ3v) is 5.05. The Morgan fingerprint density at radius 1 is 1.21 bits per heavy atom. The maximum atomic E-state index is 12.6. The predicted molar refractivity (Wildman–Crippen MR) is 102 cm³/mol. The summed E-state index contributed by atoms with van der Waals surface area (Å²) in [5, 5.41) is 17.6. The van der Waals surface area contributed by atoms with Crippen molar-refractivity contribution >= 4 is 11.9 Å². The number of hydrogen-bond donors (Lipinski definition) is 1.